The van der Waals surface area contributed by atoms with Crippen molar-refractivity contribution in [3.63, 3.8) is 0 Å². The predicted octanol–water partition coefficient (Wildman–Crippen LogP) is 1.37. The van der Waals surface area contributed by atoms with E-state index >= 15 is 0 Å². The molecule has 3 rings (SSSR count). The highest BCUT2D eigenvalue weighted by Crippen LogP contribution is 2.27. The van der Waals surface area contributed by atoms with Gasteiger partial charge >= 0.3 is 0 Å². The maximum Gasteiger partial charge on any atom is 0.253 e. The van der Waals surface area contributed by atoms with Crippen molar-refractivity contribution in [1.82, 2.24) is 44.7 Å². The molecule has 0 atom stereocenters. The maximum atomic E-state index is 4.52. The Morgan fingerprint density at radius 2 is 2.08 bits per heavy atom. The predicted molar refractivity (Wildman–Crippen MR) is 92.6 cm³/mol. The first kappa shape index (κ1) is 18.6. The molecular weight excluding hydrogens is 350 g/mol. The van der Waals surface area contributed by atoms with Crippen LogP contribution < -0.4 is 0 Å². The standard InChI is InChI=1S/C13H19N9S.ClH/c1-9(2)10-7-11(22-12(16-10)14-8-15-22)23-13-17-18-19-21(13)6-5-20(3)4;/h7-9H,5-6H2,1-4H3;1H. The molecule has 130 valence electrons. The number of likely N-dealkylation sites (N-methyl/N-ethyl adjacent to an activating group) is 1. The van der Waals surface area contributed by atoms with Crippen LogP contribution in [0.2, 0.25) is 0 Å². The molecule has 0 saturated carbocycles. The lowest BCUT2D eigenvalue weighted by atomic mass is 10.1. The second kappa shape index (κ2) is 7.86. The molecule has 0 radical (unpaired) electrons. The van der Waals surface area contributed by atoms with Gasteiger partial charge in [0.05, 0.1) is 6.54 Å². The third-order valence-corrected chi connectivity index (χ3v) is 4.26. The molecule has 0 spiro atoms. The van der Waals surface area contributed by atoms with Crippen LogP contribution in [0.15, 0.2) is 22.6 Å². The van der Waals surface area contributed by atoms with Gasteiger partial charge in [-0.15, -0.1) is 17.5 Å². The van der Waals surface area contributed by atoms with E-state index in [-0.39, 0.29) is 12.4 Å². The lowest BCUT2D eigenvalue weighted by Gasteiger charge is -2.11. The summed E-state index contributed by atoms with van der Waals surface area (Å²) in [6, 6.07) is 2.02. The fourth-order valence-corrected chi connectivity index (χ4v) is 2.86. The van der Waals surface area contributed by atoms with Gasteiger partial charge in [-0.2, -0.15) is 14.6 Å². The zero-order valence-electron chi connectivity index (χ0n) is 14.0. The first-order valence-corrected chi connectivity index (χ1v) is 8.15. The molecule has 0 amide bonds. The fourth-order valence-electron chi connectivity index (χ4n) is 1.97. The van der Waals surface area contributed by atoms with Gasteiger partial charge in [0.1, 0.15) is 11.4 Å². The Hall–Kier alpha value is -1.78. The van der Waals surface area contributed by atoms with E-state index in [4.69, 9.17) is 0 Å². The molecule has 9 nitrogen and oxygen atoms in total. The Kier molecular flexibility index (Phi) is 6.08. The van der Waals surface area contributed by atoms with E-state index in [1.54, 1.807) is 9.20 Å². The minimum absolute atomic E-state index is 0. The SMILES string of the molecule is CC(C)c1cc(Sc2nnnn2CCN(C)C)n2ncnc2n1.Cl. The van der Waals surface area contributed by atoms with Crippen LogP contribution in [-0.4, -0.2) is 65.3 Å². The van der Waals surface area contributed by atoms with Crippen molar-refractivity contribution in [2.24, 2.45) is 0 Å². The third-order valence-electron chi connectivity index (χ3n) is 3.28. The number of hydrogen-bond donors (Lipinski definition) is 0. The van der Waals surface area contributed by atoms with Gasteiger partial charge in [-0.25, -0.2) is 9.67 Å². The van der Waals surface area contributed by atoms with E-state index in [1.165, 1.54) is 18.1 Å². The summed E-state index contributed by atoms with van der Waals surface area (Å²) in [5.41, 5.74) is 0.973. The summed E-state index contributed by atoms with van der Waals surface area (Å²) in [7, 11) is 4.04. The molecule has 0 bridgehead atoms. The van der Waals surface area contributed by atoms with E-state index in [0.717, 1.165) is 29.0 Å². The van der Waals surface area contributed by atoms with Crippen molar-refractivity contribution in [1.29, 1.82) is 0 Å². The molecule has 3 heterocycles. The van der Waals surface area contributed by atoms with Crippen molar-refractivity contribution >= 4 is 29.9 Å². The Balaban J connectivity index is 0.00000208. The van der Waals surface area contributed by atoms with E-state index < -0.39 is 0 Å². The first-order valence-electron chi connectivity index (χ1n) is 7.34. The van der Waals surface area contributed by atoms with E-state index in [1.807, 2.05) is 20.2 Å². The van der Waals surface area contributed by atoms with Gasteiger partial charge < -0.3 is 4.90 Å². The lowest BCUT2D eigenvalue weighted by Crippen LogP contribution is -2.19. The van der Waals surface area contributed by atoms with Gasteiger partial charge in [0.2, 0.25) is 5.16 Å². The number of rotatable bonds is 6. The molecular formula is C13H20ClN9S. The second-order valence-electron chi connectivity index (χ2n) is 5.74. The van der Waals surface area contributed by atoms with E-state index in [9.17, 15) is 0 Å². The molecule has 0 unspecified atom stereocenters. The van der Waals surface area contributed by atoms with Gasteiger partial charge in [-0.3, -0.25) is 0 Å². The highest BCUT2D eigenvalue weighted by molar-refractivity contribution is 7.99. The van der Waals surface area contributed by atoms with Crippen LogP contribution in [-0.2, 0) is 6.54 Å². The van der Waals surface area contributed by atoms with Crippen molar-refractivity contribution in [3.8, 4) is 0 Å². The number of hydrogen-bond acceptors (Lipinski definition) is 8. The molecule has 0 saturated heterocycles. The van der Waals surface area contributed by atoms with Crippen LogP contribution in [0, 0.1) is 0 Å². The number of tetrazole rings is 1. The van der Waals surface area contributed by atoms with E-state index in [0.29, 0.717) is 11.7 Å². The second-order valence-corrected chi connectivity index (χ2v) is 6.72. The molecule has 0 aromatic carbocycles. The molecule has 0 aliphatic carbocycles. The zero-order chi connectivity index (χ0) is 16.4. The summed E-state index contributed by atoms with van der Waals surface area (Å²) in [5.74, 6) is 0.895. The molecule has 0 fully saturated rings. The van der Waals surface area contributed by atoms with Crippen LogP contribution >= 0.6 is 24.2 Å². The van der Waals surface area contributed by atoms with Crippen molar-refractivity contribution in [2.45, 2.75) is 36.5 Å². The minimum atomic E-state index is 0. The Bertz CT molecular complexity index is 798. The van der Waals surface area contributed by atoms with Crippen LogP contribution in [0.4, 0.5) is 0 Å². The molecule has 0 aliphatic rings. The molecule has 3 aromatic heterocycles. The third kappa shape index (κ3) is 4.00. The molecule has 0 N–H and O–H groups in total. The van der Waals surface area contributed by atoms with Gasteiger partial charge in [0, 0.05) is 12.2 Å². The smallest absolute Gasteiger partial charge is 0.253 e. The van der Waals surface area contributed by atoms with Crippen LogP contribution in [0.5, 0.6) is 0 Å². The summed E-state index contributed by atoms with van der Waals surface area (Å²) in [6.45, 7) is 5.80. The summed E-state index contributed by atoms with van der Waals surface area (Å²) in [4.78, 5) is 10.8. The molecule has 0 aliphatic heterocycles. The summed E-state index contributed by atoms with van der Waals surface area (Å²) < 4.78 is 3.50. The molecule has 3 aromatic rings. The topological polar surface area (TPSA) is 89.9 Å². The first-order chi connectivity index (χ1) is 11.0. The molecule has 24 heavy (non-hydrogen) atoms. The number of aromatic nitrogens is 8. The minimum Gasteiger partial charge on any atom is -0.308 e. The highest BCUT2D eigenvalue weighted by Gasteiger charge is 2.15. The average Bonchev–Trinajstić information content (AvgIpc) is 3.13. The molecule has 11 heteroatoms. The van der Waals surface area contributed by atoms with Crippen molar-refractivity contribution in [3.05, 3.63) is 18.1 Å². The maximum absolute atomic E-state index is 4.52. The summed E-state index contributed by atoms with van der Waals surface area (Å²) >= 11 is 1.47. The van der Waals surface area contributed by atoms with Gasteiger partial charge in [-0.05, 0) is 48.3 Å². The number of fused-ring (bicyclic) bond motifs is 1. The van der Waals surface area contributed by atoms with Crippen LogP contribution in [0.25, 0.3) is 5.78 Å². The Morgan fingerprint density at radius 3 is 2.79 bits per heavy atom. The summed E-state index contributed by atoms with van der Waals surface area (Å²) in [5, 5.41) is 17.8. The quantitative estimate of drug-likeness (QED) is 0.602. The lowest BCUT2D eigenvalue weighted by molar-refractivity contribution is 0.361. The van der Waals surface area contributed by atoms with Gasteiger partial charge in [0.15, 0.2) is 0 Å². The largest absolute Gasteiger partial charge is 0.308 e. The zero-order valence-corrected chi connectivity index (χ0v) is 15.6. The van der Waals surface area contributed by atoms with Crippen molar-refractivity contribution < 1.29 is 0 Å². The Morgan fingerprint density at radius 1 is 1.29 bits per heavy atom. The summed E-state index contributed by atoms with van der Waals surface area (Å²) in [6.07, 6.45) is 1.51. The Labute approximate surface area is 150 Å². The van der Waals surface area contributed by atoms with Crippen LogP contribution in [0.1, 0.15) is 25.5 Å². The number of nitrogens with zero attached hydrogens (tertiary/aromatic N) is 9. The fraction of sp³-hybridized carbons (Fsp3) is 0.538. The monoisotopic (exact) mass is 369 g/mol. The average molecular weight is 370 g/mol. The van der Waals surface area contributed by atoms with Crippen LogP contribution in [0.3, 0.4) is 0 Å². The van der Waals surface area contributed by atoms with Gasteiger partial charge in [-0.1, -0.05) is 13.8 Å². The normalized spacial score (nSPS) is 11.4. The number of halogens is 1. The van der Waals surface area contributed by atoms with E-state index in [2.05, 4.69) is 49.3 Å². The van der Waals surface area contributed by atoms with Crippen molar-refractivity contribution in [2.75, 3.05) is 20.6 Å². The highest BCUT2D eigenvalue weighted by atomic mass is 35.5. The van der Waals surface area contributed by atoms with Gasteiger partial charge in [0.25, 0.3) is 5.78 Å².